The van der Waals surface area contributed by atoms with Crippen LogP contribution in [0.4, 0.5) is 0 Å². The van der Waals surface area contributed by atoms with E-state index in [0.717, 1.165) is 29.4 Å². The van der Waals surface area contributed by atoms with Gasteiger partial charge in [0.15, 0.2) is 5.78 Å². The Hall–Kier alpha value is -1.63. The molecule has 0 aromatic heterocycles. The average Bonchev–Trinajstić information content (AvgIpc) is 2.46. The van der Waals surface area contributed by atoms with E-state index in [4.69, 9.17) is 0 Å². The van der Waals surface area contributed by atoms with Crippen molar-refractivity contribution < 1.29 is 4.79 Å². The second-order valence-electron chi connectivity index (χ2n) is 7.13. The normalized spacial score (nSPS) is 21.4. The highest BCUT2D eigenvalue weighted by atomic mass is 16.1. The third-order valence-corrected chi connectivity index (χ3v) is 5.21. The molecule has 1 unspecified atom stereocenters. The number of fused-ring (bicyclic) bond motifs is 1. The van der Waals surface area contributed by atoms with Crippen LogP contribution in [0.5, 0.6) is 0 Å². The predicted molar refractivity (Wildman–Crippen MR) is 88.8 cm³/mol. The number of benzene rings is 2. The van der Waals surface area contributed by atoms with Gasteiger partial charge in [0.2, 0.25) is 0 Å². The molecule has 1 nitrogen and oxygen atoms in total. The maximum Gasteiger partial charge on any atom is 0.167 e. The molecule has 0 amide bonds. The molecular formula is C20H24O. The lowest BCUT2D eigenvalue weighted by molar-refractivity contribution is 0.0698. The molecule has 0 N–H and O–H groups in total. The van der Waals surface area contributed by atoms with E-state index in [1.165, 1.54) is 18.2 Å². The first-order chi connectivity index (χ1) is 10.0. The van der Waals surface area contributed by atoms with Crippen LogP contribution in [0.15, 0.2) is 36.4 Å². The zero-order valence-electron chi connectivity index (χ0n) is 13.3. The zero-order valence-corrected chi connectivity index (χ0v) is 13.3. The first kappa shape index (κ1) is 14.3. The number of aryl methyl sites for hydroxylation is 1. The minimum atomic E-state index is 0.124. The van der Waals surface area contributed by atoms with Crippen LogP contribution in [0.1, 0.15) is 55.5 Å². The Bertz CT molecular complexity index is 681. The van der Waals surface area contributed by atoms with E-state index < -0.39 is 0 Å². The molecule has 1 atom stereocenters. The molecule has 1 aliphatic rings. The van der Waals surface area contributed by atoms with Gasteiger partial charge in [0.05, 0.1) is 0 Å². The van der Waals surface area contributed by atoms with Crippen molar-refractivity contribution in [3.63, 3.8) is 0 Å². The molecule has 0 spiro atoms. The van der Waals surface area contributed by atoms with Crippen molar-refractivity contribution in [3.05, 3.63) is 47.5 Å². The summed E-state index contributed by atoms with van der Waals surface area (Å²) in [5.41, 5.74) is 2.19. The highest BCUT2D eigenvalue weighted by molar-refractivity contribution is 6.10. The van der Waals surface area contributed by atoms with E-state index in [2.05, 4.69) is 45.0 Å². The summed E-state index contributed by atoms with van der Waals surface area (Å²) in [7, 11) is 0. The van der Waals surface area contributed by atoms with Crippen LogP contribution in [0.25, 0.3) is 10.8 Å². The number of hydrogen-bond acceptors (Lipinski definition) is 1. The molecule has 0 aliphatic heterocycles. The fourth-order valence-corrected chi connectivity index (χ4v) is 3.86. The second kappa shape index (κ2) is 5.29. The van der Waals surface area contributed by atoms with Crippen LogP contribution in [-0.4, -0.2) is 5.78 Å². The number of hydrogen-bond donors (Lipinski definition) is 0. The maximum atomic E-state index is 13.3. The SMILES string of the molecule is Cc1ccc2ccccc2c1C(=O)C1CCCCC1(C)C. The largest absolute Gasteiger partial charge is 0.294 e. The maximum absolute atomic E-state index is 13.3. The standard InChI is InChI=1S/C20H24O/c1-14-11-12-15-8-4-5-9-16(15)18(14)19(21)17-10-6-7-13-20(17,2)3/h4-5,8-9,11-12,17H,6-7,10,13H2,1-3H3. The number of Topliss-reactive ketones (excluding diaryl/α,β-unsaturated/α-hetero) is 1. The quantitative estimate of drug-likeness (QED) is 0.659. The fraction of sp³-hybridized carbons (Fsp3) is 0.450. The van der Waals surface area contributed by atoms with Crippen molar-refractivity contribution in [3.8, 4) is 0 Å². The van der Waals surface area contributed by atoms with E-state index in [1.54, 1.807) is 0 Å². The molecule has 1 aliphatic carbocycles. The summed E-state index contributed by atoms with van der Waals surface area (Å²) in [5, 5.41) is 2.28. The molecule has 110 valence electrons. The number of carbonyl (C=O) groups excluding carboxylic acids is 1. The van der Waals surface area contributed by atoms with Crippen molar-refractivity contribution in [2.45, 2.75) is 46.5 Å². The van der Waals surface area contributed by atoms with E-state index in [0.29, 0.717) is 5.78 Å². The smallest absolute Gasteiger partial charge is 0.167 e. The first-order valence-corrected chi connectivity index (χ1v) is 8.03. The Labute approximate surface area is 127 Å². The summed E-state index contributed by atoms with van der Waals surface area (Å²) in [6.07, 6.45) is 4.64. The molecular weight excluding hydrogens is 256 g/mol. The fourth-order valence-electron chi connectivity index (χ4n) is 3.86. The predicted octanol–water partition coefficient (Wildman–Crippen LogP) is 5.55. The van der Waals surface area contributed by atoms with Crippen LogP contribution in [0.3, 0.4) is 0 Å². The monoisotopic (exact) mass is 280 g/mol. The van der Waals surface area contributed by atoms with Crippen molar-refractivity contribution >= 4 is 16.6 Å². The van der Waals surface area contributed by atoms with Gasteiger partial charge in [0.25, 0.3) is 0 Å². The summed E-state index contributed by atoms with van der Waals surface area (Å²) in [6.45, 7) is 6.58. The van der Waals surface area contributed by atoms with E-state index in [-0.39, 0.29) is 11.3 Å². The first-order valence-electron chi connectivity index (χ1n) is 8.03. The van der Waals surface area contributed by atoms with Gasteiger partial charge in [-0.15, -0.1) is 0 Å². The van der Waals surface area contributed by atoms with Crippen LogP contribution in [0.2, 0.25) is 0 Å². The van der Waals surface area contributed by atoms with Gasteiger partial charge in [-0.3, -0.25) is 4.79 Å². The Morgan fingerprint density at radius 2 is 1.86 bits per heavy atom. The van der Waals surface area contributed by atoms with Crippen LogP contribution >= 0.6 is 0 Å². The number of ketones is 1. The third kappa shape index (κ3) is 2.50. The summed E-state index contributed by atoms with van der Waals surface area (Å²) in [6, 6.07) is 12.5. The van der Waals surface area contributed by atoms with Gasteiger partial charge in [-0.25, -0.2) is 0 Å². The molecule has 21 heavy (non-hydrogen) atoms. The molecule has 0 heterocycles. The van der Waals surface area contributed by atoms with Crippen molar-refractivity contribution in [2.75, 3.05) is 0 Å². The Balaban J connectivity index is 2.11. The van der Waals surface area contributed by atoms with Crippen molar-refractivity contribution in [1.29, 1.82) is 0 Å². The van der Waals surface area contributed by atoms with Gasteiger partial charge >= 0.3 is 0 Å². The Morgan fingerprint density at radius 3 is 2.62 bits per heavy atom. The van der Waals surface area contributed by atoms with Gasteiger partial charge in [0, 0.05) is 11.5 Å². The van der Waals surface area contributed by atoms with Gasteiger partial charge in [-0.1, -0.05) is 63.1 Å². The van der Waals surface area contributed by atoms with Crippen molar-refractivity contribution in [2.24, 2.45) is 11.3 Å². The second-order valence-corrected chi connectivity index (χ2v) is 7.13. The molecule has 2 aromatic rings. The Morgan fingerprint density at radius 1 is 1.10 bits per heavy atom. The van der Waals surface area contributed by atoms with Gasteiger partial charge in [0.1, 0.15) is 0 Å². The van der Waals surface area contributed by atoms with Gasteiger partial charge in [-0.05, 0) is 41.5 Å². The van der Waals surface area contributed by atoms with Crippen LogP contribution in [-0.2, 0) is 0 Å². The lowest BCUT2D eigenvalue weighted by Gasteiger charge is -2.38. The highest BCUT2D eigenvalue weighted by Gasteiger charge is 2.38. The summed E-state index contributed by atoms with van der Waals surface area (Å²) in [4.78, 5) is 13.3. The lowest BCUT2D eigenvalue weighted by atomic mass is 9.66. The molecule has 1 saturated carbocycles. The van der Waals surface area contributed by atoms with Crippen molar-refractivity contribution in [1.82, 2.24) is 0 Å². The molecule has 2 aromatic carbocycles. The molecule has 1 fully saturated rings. The summed E-state index contributed by atoms with van der Waals surface area (Å²) >= 11 is 0. The summed E-state index contributed by atoms with van der Waals surface area (Å²) < 4.78 is 0. The molecule has 0 radical (unpaired) electrons. The average molecular weight is 280 g/mol. The van der Waals surface area contributed by atoms with Gasteiger partial charge in [-0.2, -0.15) is 0 Å². The van der Waals surface area contributed by atoms with Crippen LogP contribution < -0.4 is 0 Å². The summed E-state index contributed by atoms with van der Waals surface area (Å²) in [5.74, 6) is 0.518. The highest BCUT2D eigenvalue weighted by Crippen LogP contribution is 2.43. The minimum Gasteiger partial charge on any atom is -0.294 e. The molecule has 3 rings (SSSR count). The number of carbonyl (C=O) groups is 1. The lowest BCUT2D eigenvalue weighted by Crippen LogP contribution is -2.34. The van der Waals surface area contributed by atoms with Gasteiger partial charge < -0.3 is 0 Å². The van der Waals surface area contributed by atoms with Crippen LogP contribution in [0, 0.1) is 18.3 Å². The Kier molecular flexibility index (Phi) is 3.61. The minimum absolute atomic E-state index is 0.124. The molecule has 0 bridgehead atoms. The zero-order chi connectivity index (χ0) is 15.0. The van der Waals surface area contributed by atoms with E-state index in [1.807, 2.05) is 12.1 Å². The van der Waals surface area contributed by atoms with E-state index >= 15 is 0 Å². The third-order valence-electron chi connectivity index (χ3n) is 5.21. The number of rotatable bonds is 2. The topological polar surface area (TPSA) is 17.1 Å². The van der Waals surface area contributed by atoms with E-state index in [9.17, 15) is 4.79 Å². The molecule has 0 saturated heterocycles. The molecule has 1 heteroatoms.